The molecule has 0 bridgehead atoms. The van der Waals surface area contributed by atoms with Gasteiger partial charge in [-0.25, -0.2) is 5.43 Å². The van der Waals surface area contributed by atoms with E-state index in [9.17, 15) is 4.79 Å². The molecule has 3 aromatic rings. The van der Waals surface area contributed by atoms with Gasteiger partial charge in [0, 0.05) is 12.0 Å². The number of ether oxygens (including phenoxy) is 2. The maximum Gasteiger partial charge on any atom is 0.271 e. The fourth-order valence-corrected chi connectivity index (χ4v) is 3.07. The average Bonchev–Trinajstić information content (AvgIpc) is 2.84. The predicted octanol–water partition coefficient (Wildman–Crippen LogP) is 5.81. The van der Waals surface area contributed by atoms with Crippen LogP contribution in [-0.4, -0.2) is 25.3 Å². The first-order valence-electron chi connectivity index (χ1n) is 11.0. The Morgan fingerprint density at radius 2 is 1.66 bits per heavy atom. The molecular weight excluding hydrogens is 400 g/mol. The van der Waals surface area contributed by atoms with E-state index < -0.39 is 0 Å². The van der Waals surface area contributed by atoms with Gasteiger partial charge in [0.15, 0.2) is 0 Å². The van der Waals surface area contributed by atoms with Gasteiger partial charge >= 0.3 is 0 Å². The van der Waals surface area contributed by atoms with Crippen molar-refractivity contribution in [2.75, 3.05) is 13.2 Å². The largest absolute Gasteiger partial charge is 0.493 e. The van der Waals surface area contributed by atoms with Gasteiger partial charge in [-0.2, -0.15) is 5.10 Å². The zero-order chi connectivity index (χ0) is 22.6. The van der Waals surface area contributed by atoms with Crippen LogP contribution in [0, 0.1) is 0 Å². The molecule has 32 heavy (non-hydrogen) atoms. The first-order chi connectivity index (χ1) is 15.7. The Kier molecular flexibility index (Phi) is 8.87. The van der Waals surface area contributed by atoms with Gasteiger partial charge in [0.1, 0.15) is 11.5 Å². The van der Waals surface area contributed by atoms with Crippen molar-refractivity contribution >= 4 is 12.1 Å². The zero-order valence-corrected chi connectivity index (χ0v) is 18.7. The molecule has 0 aliphatic carbocycles. The minimum absolute atomic E-state index is 0.247. The molecule has 0 saturated heterocycles. The number of carbonyl (C=O) groups excluding carboxylic acids is 1. The van der Waals surface area contributed by atoms with Crippen LogP contribution >= 0.6 is 0 Å². The lowest BCUT2D eigenvalue weighted by atomic mass is 9.99. The fourth-order valence-electron chi connectivity index (χ4n) is 3.07. The van der Waals surface area contributed by atoms with Crippen molar-refractivity contribution < 1.29 is 14.3 Å². The lowest BCUT2D eigenvalue weighted by Gasteiger charge is -2.11. The van der Waals surface area contributed by atoms with Crippen molar-refractivity contribution in [1.29, 1.82) is 0 Å². The Morgan fingerprint density at radius 1 is 0.938 bits per heavy atom. The van der Waals surface area contributed by atoms with Crippen molar-refractivity contribution in [2.45, 2.75) is 32.6 Å². The number of hydrazone groups is 1. The van der Waals surface area contributed by atoms with Crippen molar-refractivity contribution in [1.82, 2.24) is 5.43 Å². The van der Waals surface area contributed by atoms with E-state index in [0.29, 0.717) is 24.7 Å². The second-order valence-electron chi connectivity index (χ2n) is 7.57. The second-order valence-corrected chi connectivity index (χ2v) is 7.57. The number of nitrogens with zero attached hydrogens (tertiary/aromatic N) is 1. The first-order valence-corrected chi connectivity index (χ1v) is 11.0. The molecule has 1 unspecified atom stereocenters. The summed E-state index contributed by atoms with van der Waals surface area (Å²) in [5.41, 5.74) is 5.27. The Balaban J connectivity index is 1.39. The summed E-state index contributed by atoms with van der Waals surface area (Å²) in [6.45, 7) is 5.57. The molecule has 0 spiro atoms. The minimum atomic E-state index is -0.247. The maximum absolute atomic E-state index is 12.0. The Morgan fingerprint density at radius 3 is 2.38 bits per heavy atom. The van der Waals surface area contributed by atoms with Crippen LogP contribution in [-0.2, 0) is 0 Å². The summed E-state index contributed by atoms with van der Waals surface area (Å²) in [5, 5.41) is 4.02. The quantitative estimate of drug-likeness (QED) is 0.237. The van der Waals surface area contributed by atoms with Gasteiger partial charge in [-0.15, -0.1) is 0 Å². The Bertz CT molecular complexity index is 1000. The zero-order valence-electron chi connectivity index (χ0n) is 18.7. The van der Waals surface area contributed by atoms with E-state index in [1.165, 1.54) is 5.56 Å². The lowest BCUT2D eigenvalue weighted by Crippen LogP contribution is -2.17. The van der Waals surface area contributed by atoms with E-state index in [0.717, 1.165) is 29.9 Å². The van der Waals surface area contributed by atoms with E-state index in [2.05, 4.69) is 36.5 Å². The summed E-state index contributed by atoms with van der Waals surface area (Å²) in [5.74, 6) is 1.95. The fraction of sp³-hybridized carbons (Fsp3) is 0.259. The molecule has 0 fully saturated rings. The molecule has 0 heterocycles. The molecule has 3 aromatic carbocycles. The number of hydrogen-bond donors (Lipinski definition) is 1. The number of carbonyl (C=O) groups is 1. The van der Waals surface area contributed by atoms with E-state index in [1.54, 1.807) is 18.3 Å². The molecule has 1 N–H and O–H groups in total. The molecule has 166 valence electrons. The van der Waals surface area contributed by atoms with Crippen molar-refractivity contribution in [3.05, 3.63) is 95.6 Å². The first kappa shape index (κ1) is 23.1. The van der Waals surface area contributed by atoms with Crippen LogP contribution in [0.25, 0.3) is 0 Å². The molecule has 1 amide bonds. The molecule has 0 saturated carbocycles. The summed E-state index contributed by atoms with van der Waals surface area (Å²) in [4.78, 5) is 12.0. The molecule has 5 nitrogen and oxygen atoms in total. The number of rotatable bonds is 11. The van der Waals surface area contributed by atoms with Gasteiger partial charge in [0.2, 0.25) is 0 Å². The number of benzene rings is 3. The second kappa shape index (κ2) is 12.3. The van der Waals surface area contributed by atoms with Gasteiger partial charge in [0.25, 0.3) is 5.91 Å². The van der Waals surface area contributed by atoms with Gasteiger partial charge < -0.3 is 9.47 Å². The smallest absolute Gasteiger partial charge is 0.271 e. The highest BCUT2D eigenvalue weighted by atomic mass is 16.5. The topological polar surface area (TPSA) is 59.9 Å². The average molecular weight is 431 g/mol. The van der Waals surface area contributed by atoms with Crippen molar-refractivity contribution in [2.24, 2.45) is 5.10 Å². The van der Waals surface area contributed by atoms with Gasteiger partial charge in [0.05, 0.1) is 19.4 Å². The number of hydrogen-bond acceptors (Lipinski definition) is 4. The van der Waals surface area contributed by atoms with Crippen LogP contribution < -0.4 is 14.9 Å². The van der Waals surface area contributed by atoms with Gasteiger partial charge in [-0.1, -0.05) is 56.3 Å². The molecule has 3 rings (SSSR count). The number of nitrogens with one attached hydrogen (secondary N) is 1. The highest BCUT2D eigenvalue weighted by Gasteiger charge is 2.03. The van der Waals surface area contributed by atoms with Crippen LogP contribution in [0.1, 0.15) is 54.1 Å². The SMILES string of the molecule is CCC(C)c1ccc(OCCCOc2cccc(C=NNC(=O)c3ccccc3)c2)cc1. The summed E-state index contributed by atoms with van der Waals surface area (Å²) < 4.78 is 11.6. The standard InChI is InChI=1S/C27H30N2O3/c1-3-21(2)23-13-15-25(16-14-23)31-17-8-18-32-26-12-7-9-22(19-26)20-28-29-27(30)24-10-5-4-6-11-24/h4-7,9-16,19-21H,3,8,17-18H2,1-2H3,(H,29,30). The molecule has 0 aliphatic heterocycles. The molecule has 0 radical (unpaired) electrons. The third kappa shape index (κ3) is 7.27. The van der Waals surface area contributed by atoms with E-state index in [4.69, 9.17) is 9.47 Å². The highest BCUT2D eigenvalue weighted by molar-refractivity contribution is 5.94. The van der Waals surface area contributed by atoms with Crippen LogP contribution in [0.5, 0.6) is 11.5 Å². The molecular formula is C27H30N2O3. The van der Waals surface area contributed by atoms with E-state index in [1.807, 2.05) is 54.6 Å². The van der Waals surface area contributed by atoms with Crippen LogP contribution in [0.3, 0.4) is 0 Å². The Labute approximate surface area is 190 Å². The van der Waals surface area contributed by atoms with Crippen LogP contribution in [0.15, 0.2) is 84.0 Å². The third-order valence-corrected chi connectivity index (χ3v) is 5.16. The van der Waals surface area contributed by atoms with E-state index in [-0.39, 0.29) is 5.91 Å². The monoisotopic (exact) mass is 430 g/mol. The van der Waals surface area contributed by atoms with E-state index >= 15 is 0 Å². The summed E-state index contributed by atoms with van der Waals surface area (Å²) in [6, 6.07) is 24.9. The summed E-state index contributed by atoms with van der Waals surface area (Å²) in [7, 11) is 0. The highest BCUT2D eigenvalue weighted by Crippen LogP contribution is 2.21. The Hall–Kier alpha value is -3.60. The van der Waals surface area contributed by atoms with Crippen molar-refractivity contribution in [3.63, 3.8) is 0 Å². The minimum Gasteiger partial charge on any atom is -0.493 e. The van der Waals surface area contributed by atoms with Gasteiger partial charge in [-0.05, 0) is 59.9 Å². The summed E-state index contributed by atoms with van der Waals surface area (Å²) in [6.07, 6.45) is 3.51. The maximum atomic E-state index is 12.0. The molecule has 0 aromatic heterocycles. The lowest BCUT2D eigenvalue weighted by molar-refractivity contribution is 0.0955. The van der Waals surface area contributed by atoms with Crippen LogP contribution in [0.4, 0.5) is 0 Å². The molecule has 0 aliphatic rings. The number of amides is 1. The van der Waals surface area contributed by atoms with Crippen LogP contribution in [0.2, 0.25) is 0 Å². The normalized spacial score (nSPS) is 11.8. The summed E-state index contributed by atoms with van der Waals surface area (Å²) >= 11 is 0. The third-order valence-electron chi connectivity index (χ3n) is 5.16. The molecule has 1 atom stereocenters. The molecule has 5 heteroatoms. The van der Waals surface area contributed by atoms with Crippen molar-refractivity contribution in [3.8, 4) is 11.5 Å². The predicted molar refractivity (Wildman–Crippen MR) is 129 cm³/mol. The van der Waals surface area contributed by atoms with Gasteiger partial charge in [-0.3, -0.25) is 4.79 Å².